The topological polar surface area (TPSA) is 41.6 Å². The molecule has 0 radical (unpaired) electrons. The van der Waals surface area contributed by atoms with E-state index in [1.165, 1.54) is 11.1 Å². The average Bonchev–Trinajstić information content (AvgIpc) is 2.68. The van der Waals surface area contributed by atoms with Crippen molar-refractivity contribution in [3.8, 4) is 0 Å². The van der Waals surface area contributed by atoms with Crippen LogP contribution in [0.15, 0.2) is 48.5 Å². The first-order chi connectivity index (χ1) is 13.1. The number of rotatable bonds is 7. The molecule has 2 aromatic rings. The molecule has 3 rings (SSSR count). The van der Waals surface area contributed by atoms with Crippen LogP contribution in [0.2, 0.25) is 0 Å². The van der Waals surface area contributed by atoms with Gasteiger partial charge in [-0.25, -0.2) is 0 Å². The van der Waals surface area contributed by atoms with Crippen molar-refractivity contribution < 1.29 is 9.53 Å². The second-order valence-electron chi connectivity index (χ2n) is 7.64. The average molecular weight is 367 g/mol. The molecule has 144 valence electrons. The Morgan fingerprint density at radius 3 is 2.48 bits per heavy atom. The molecule has 4 nitrogen and oxygen atoms in total. The van der Waals surface area contributed by atoms with Crippen molar-refractivity contribution in [3.63, 3.8) is 0 Å². The monoisotopic (exact) mass is 366 g/mol. The summed E-state index contributed by atoms with van der Waals surface area (Å²) in [4.78, 5) is 15.1. The van der Waals surface area contributed by atoms with E-state index in [1.807, 2.05) is 24.3 Å². The van der Waals surface area contributed by atoms with Crippen LogP contribution in [0.5, 0.6) is 0 Å². The highest BCUT2D eigenvalue weighted by atomic mass is 16.5. The molecule has 2 aromatic carbocycles. The molecule has 4 heteroatoms. The number of nitrogens with one attached hydrogen (secondary N) is 1. The molecule has 1 aliphatic rings. The first-order valence-electron chi connectivity index (χ1n) is 9.75. The Labute approximate surface area is 162 Å². The van der Waals surface area contributed by atoms with E-state index in [2.05, 4.69) is 48.3 Å². The third-order valence-electron chi connectivity index (χ3n) is 5.40. The molecule has 1 N–H and O–H groups in total. The lowest BCUT2D eigenvalue weighted by atomic mass is 9.95. The molecule has 0 unspecified atom stereocenters. The number of hydrogen-bond donors (Lipinski definition) is 1. The predicted octanol–water partition coefficient (Wildman–Crippen LogP) is 3.65. The van der Waals surface area contributed by atoms with Crippen LogP contribution in [0.4, 0.5) is 0 Å². The number of nitrogens with zero attached hydrogens (tertiary/aromatic N) is 1. The summed E-state index contributed by atoms with van der Waals surface area (Å²) in [6.45, 7) is 7.70. The van der Waals surface area contributed by atoms with Crippen molar-refractivity contribution in [3.05, 3.63) is 70.8 Å². The Morgan fingerprint density at radius 1 is 1.11 bits per heavy atom. The molecule has 1 heterocycles. The first-order valence-corrected chi connectivity index (χ1v) is 9.75. The van der Waals surface area contributed by atoms with Crippen LogP contribution in [-0.2, 0) is 24.3 Å². The minimum absolute atomic E-state index is 0.0120. The zero-order valence-electron chi connectivity index (χ0n) is 16.6. The van der Waals surface area contributed by atoms with Crippen LogP contribution < -0.4 is 5.32 Å². The Morgan fingerprint density at radius 2 is 1.81 bits per heavy atom. The van der Waals surface area contributed by atoms with E-state index in [-0.39, 0.29) is 5.91 Å². The number of fused-ring (bicyclic) bond motifs is 1. The number of methoxy groups -OCH3 is 1. The zero-order valence-corrected chi connectivity index (χ0v) is 16.6. The fourth-order valence-corrected chi connectivity index (χ4v) is 3.81. The van der Waals surface area contributed by atoms with E-state index in [0.29, 0.717) is 30.7 Å². The van der Waals surface area contributed by atoms with Crippen LogP contribution in [0.1, 0.15) is 40.9 Å². The number of carbonyl (C=O) groups excluding carboxylic acids is 1. The van der Waals surface area contributed by atoms with Gasteiger partial charge in [0.15, 0.2) is 0 Å². The second-order valence-corrected chi connectivity index (χ2v) is 7.64. The van der Waals surface area contributed by atoms with Gasteiger partial charge in [0.1, 0.15) is 0 Å². The van der Waals surface area contributed by atoms with Crippen LogP contribution in [0.25, 0.3) is 0 Å². The highest BCUT2D eigenvalue weighted by Crippen LogP contribution is 2.22. The summed E-state index contributed by atoms with van der Waals surface area (Å²) >= 11 is 0. The van der Waals surface area contributed by atoms with E-state index >= 15 is 0 Å². The summed E-state index contributed by atoms with van der Waals surface area (Å²) in [7, 11) is 1.67. The Kier molecular flexibility index (Phi) is 6.64. The fraction of sp³-hybridized carbons (Fsp3) is 0.435. The lowest BCUT2D eigenvalue weighted by molar-refractivity contribution is 0.0904. The molecular weight excluding hydrogens is 336 g/mol. The van der Waals surface area contributed by atoms with Crippen molar-refractivity contribution in [1.29, 1.82) is 0 Å². The largest absolute Gasteiger partial charge is 0.380 e. The molecule has 0 bridgehead atoms. The highest BCUT2D eigenvalue weighted by Gasteiger charge is 2.26. The van der Waals surface area contributed by atoms with Gasteiger partial charge in [-0.05, 0) is 41.2 Å². The maximum absolute atomic E-state index is 12.6. The Balaban J connectivity index is 1.61. The SMILES string of the molecule is COCc1ccc(C(=O)NC[C@@H](C(C)C)N2CCc3ccccc3C2)cc1. The molecule has 1 atom stereocenters. The lowest BCUT2D eigenvalue weighted by Crippen LogP contribution is -2.48. The van der Waals surface area contributed by atoms with Crippen molar-refractivity contribution in [2.75, 3.05) is 20.2 Å². The molecule has 0 aromatic heterocycles. The number of benzene rings is 2. The minimum atomic E-state index is -0.0120. The summed E-state index contributed by atoms with van der Waals surface area (Å²) in [5, 5.41) is 3.14. The third kappa shape index (κ3) is 4.96. The summed E-state index contributed by atoms with van der Waals surface area (Å²) in [6, 6.07) is 16.6. The van der Waals surface area contributed by atoms with Crippen molar-refractivity contribution >= 4 is 5.91 Å². The van der Waals surface area contributed by atoms with Gasteiger partial charge in [-0.1, -0.05) is 50.2 Å². The summed E-state index contributed by atoms with van der Waals surface area (Å²) in [6.07, 6.45) is 1.08. The van der Waals surface area contributed by atoms with E-state index in [9.17, 15) is 4.79 Å². The standard InChI is InChI=1S/C23H30N2O2/c1-17(2)22(25-13-12-19-6-4-5-7-21(19)15-25)14-24-23(26)20-10-8-18(9-11-20)16-27-3/h4-11,17,22H,12-16H2,1-3H3,(H,24,26)/t22-/m0/s1. The molecule has 27 heavy (non-hydrogen) atoms. The zero-order chi connectivity index (χ0) is 19.2. The van der Waals surface area contributed by atoms with Gasteiger partial charge >= 0.3 is 0 Å². The lowest BCUT2D eigenvalue weighted by Gasteiger charge is -2.38. The van der Waals surface area contributed by atoms with Gasteiger partial charge < -0.3 is 10.1 Å². The van der Waals surface area contributed by atoms with Gasteiger partial charge in [0.05, 0.1) is 6.61 Å². The molecule has 1 amide bonds. The quantitative estimate of drug-likeness (QED) is 0.813. The van der Waals surface area contributed by atoms with Crippen LogP contribution in [0, 0.1) is 5.92 Å². The van der Waals surface area contributed by atoms with Crippen LogP contribution >= 0.6 is 0 Å². The van der Waals surface area contributed by atoms with Crippen molar-refractivity contribution in [2.24, 2.45) is 5.92 Å². The first kappa shape index (κ1) is 19.6. The fourth-order valence-electron chi connectivity index (χ4n) is 3.81. The number of carbonyl (C=O) groups is 1. The molecule has 0 saturated carbocycles. The van der Waals surface area contributed by atoms with Gasteiger partial charge in [0.2, 0.25) is 0 Å². The maximum Gasteiger partial charge on any atom is 0.251 e. The second kappa shape index (κ2) is 9.16. The number of hydrogen-bond acceptors (Lipinski definition) is 3. The summed E-state index contributed by atoms with van der Waals surface area (Å²) in [5.74, 6) is 0.460. The molecule has 0 spiro atoms. The van der Waals surface area contributed by atoms with E-state index in [1.54, 1.807) is 7.11 Å². The number of amides is 1. The third-order valence-corrected chi connectivity index (χ3v) is 5.40. The highest BCUT2D eigenvalue weighted by molar-refractivity contribution is 5.94. The molecule has 0 fully saturated rings. The predicted molar refractivity (Wildman–Crippen MR) is 109 cm³/mol. The van der Waals surface area contributed by atoms with Gasteiger partial charge in [-0.15, -0.1) is 0 Å². The summed E-state index contributed by atoms with van der Waals surface area (Å²) < 4.78 is 5.12. The molecule has 0 saturated heterocycles. The van der Waals surface area contributed by atoms with E-state index < -0.39 is 0 Å². The molecular formula is C23H30N2O2. The number of ether oxygens (including phenoxy) is 1. The molecule has 0 aliphatic carbocycles. The van der Waals surface area contributed by atoms with Crippen molar-refractivity contribution in [2.45, 2.75) is 39.5 Å². The normalized spacial score (nSPS) is 15.4. The van der Waals surface area contributed by atoms with Crippen molar-refractivity contribution in [1.82, 2.24) is 10.2 Å². The molecule has 1 aliphatic heterocycles. The van der Waals surface area contributed by atoms with E-state index in [4.69, 9.17) is 4.74 Å². The Bertz CT molecular complexity index is 755. The van der Waals surface area contributed by atoms with Crippen LogP contribution in [-0.4, -0.2) is 37.0 Å². The smallest absolute Gasteiger partial charge is 0.251 e. The Hall–Kier alpha value is -2.17. The van der Waals surface area contributed by atoms with E-state index in [0.717, 1.165) is 25.1 Å². The summed E-state index contributed by atoms with van der Waals surface area (Å²) in [5.41, 5.74) is 4.63. The van der Waals surface area contributed by atoms with Gasteiger partial charge in [0.25, 0.3) is 5.91 Å². The van der Waals surface area contributed by atoms with Gasteiger partial charge in [-0.3, -0.25) is 9.69 Å². The maximum atomic E-state index is 12.6. The van der Waals surface area contributed by atoms with Crippen LogP contribution in [0.3, 0.4) is 0 Å². The van der Waals surface area contributed by atoms with Gasteiger partial charge in [0, 0.05) is 38.3 Å². The minimum Gasteiger partial charge on any atom is -0.380 e. The van der Waals surface area contributed by atoms with Gasteiger partial charge in [-0.2, -0.15) is 0 Å².